The van der Waals surface area contributed by atoms with Gasteiger partial charge in [0, 0.05) is 16.6 Å². The third kappa shape index (κ3) is 5.50. The van der Waals surface area contributed by atoms with E-state index in [0.29, 0.717) is 11.4 Å². The van der Waals surface area contributed by atoms with Crippen molar-refractivity contribution in [3.63, 3.8) is 0 Å². The second-order valence-corrected chi connectivity index (χ2v) is 7.30. The number of ether oxygens (including phenoxy) is 2. The van der Waals surface area contributed by atoms with E-state index in [1.54, 1.807) is 35.6 Å². The number of methoxy groups -OCH3 is 1. The first-order valence-electron chi connectivity index (χ1n) is 7.02. The summed E-state index contributed by atoms with van der Waals surface area (Å²) in [7, 11) is 1.30. The lowest BCUT2D eigenvalue weighted by atomic mass is 10.2. The number of rotatable bonds is 6. The van der Waals surface area contributed by atoms with E-state index >= 15 is 0 Å². The Hall–Kier alpha value is -2.12. The van der Waals surface area contributed by atoms with Gasteiger partial charge < -0.3 is 14.8 Å². The van der Waals surface area contributed by atoms with E-state index in [1.165, 1.54) is 13.2 Å². The van der Waals surface area contributed by atoms with Gasteiger partial charge in [-0.1, -0.05) is 0 Å². The molecule has 0 spiro atoms. The summed E-state index contributed by atoms with van der Waals surface area (Å²) in [4.78, 5) is 24.0. The highest BCUT2D eigenvalue weighted by molar-refractivity contribution is 9.11. The summed E-state index contributed by atoms with van der Waals surface area (Å²) in [5, 5.41) is 2.81. The van der Waals surface area contributed by atoms with Crippen molar-refractivity contribution in [1.82, 2.24) is 0 Å². The van der Waals surface area contributed by atoms with Crippen LogP contribution in [-0.4, -0.2) is 25.6 Å². The monoisotopic (exact) mass is 409 g/mol. The van der Waals surface area contributed by atoms with E-state index in [9.17, 15) is 9.59 Å². The Labute approximate surface area is 152 Å². The molecule has 0 saturated heterocycles. The lowest BCUT2D eigenvalue weighted by Gasteiger charge is -2.10. The molecule has 1 amide bonds. The minimum absolute atomic E-state index is 0.152. The van der Waals surface area contributed by atoms with Gasteiger partial charge in [0.1, 0.15) is 5.75 Å². The minimum atomic E-state index is -0.449. The summed E-state index contributed by atoms with van der Waals surface area (Å²) >= 11 is 4.92. The van der Waals surface area contributed by atoms with E-state index in [0.717, 1.165) is 14.2 Å². The molecule has 0 atom stereocenters. The first-order chi connectivity index (χ1) is 11.5. The topological polar surface area (TPSA) is 64.6 Å². The maximum Gasteiger partial charge on any atom is 0.343 e. The Morgan fingerprint density at radius 3 is 2.71 bits per heavy atom. The van der Waals surface area contributed by atoms with Crippen LogP contribution >= 0.6 is 27.3 Å². The third-order valence-electron chi connectivity index (χ3n) is 3.03. The van der Waals surface area contributed by atoms with Crippen LogP contribution in [-0.2, 0) is 14.3 Å². The number of hydrogen-bond acceptors (Lipinski definition) is 5. The highest BCUT2D eigenvalue weighted by atomic mass is 79.9. The minimum Gasteiger partial charge on any atom is -0.482 e. The normalized spacial score (nSPS) is 10.6. The summed E-state index contributed by atoms with van der Waals surface area (Å²) in [6.45, 7) is 1.70. The zero-order valence-electron chi connectivity index (χ0n) is 13.2. The number of benzene rings is 1. The average Bonchev–Trinajstić information content (AvgIpc) is 2.98. The Kier molecular flexibility index (Phi) is 6.57. The molecule has 1 heterocycles. The molecule has 1 aromatic carbocycles. The van der Waals surface area contributed by atoms with Crippen LogP contribution in [0.5, 0.6) is 5.75 Å². The molecule has 1 aromatic heterocycles. The van der Waals surface area contributed by atoms with Crippen LogP contribution in [0.1, 0.15) is 10.4 Å². The van der Waals surface area contributed by atoms with E-state index in [1.807, 2.05) is 19.1 Å². The fourth-order valence-electron chi connectivity index (χ4n) is 1.82. The van der Waals surface area contributed by atoms with Crippen molar-refractivity contribution in [2.24, 2.45) is 0 Å². The number of anilines is 1. The zero-order valence-corrected chi connectivity index (χ0v) is 15.6. The molecule has 0 aliphatic rings. The SMILES string of the molecule is COC(=O)COc1ccc(NC(=O)C=Cc2ccc(Br)s2)c(C)c1. The molecule has 24 heavy (non-hydrogen) atoms. The van der Waals surface area contributed by atoms with Gasteiger partial charge in [0.15, 0.2) is 6.61 Å². The number of carbonyl (C=O) groups excluding carboxylic acids is 2. The van der Waals surface area contributed by atoms with Crippen molar-refractivity contribution in [3.05, 3.63) is 50.6 Å². The van der Waals surface area contributed by atoms with Crippen molar-refractivity contribution >= 4 is 50.9 Å². The first kappa shape index (κ1) is 18.2. The number of amides is 1. The Morgan fingerprint density at radius 2 is 2.08 bits per heavy atom. The van der Waals surface area contributed by atoms with Crippen LogP contribution < -0.4 is 10.1 Å². The van der Waals surface area contributed by atoms with Gasteiger partial charge >= 0.3 is 5.97 Å². The van der Waals surface area contributed by atoms with Gasteiger partial charge in [0.2, 0.25) is 5.91 Å². The van der Waals surface area contributed by atoms with Crippen LogP contribution in [0.15, 0.2) is 40.2 Å². The number of aryl methyl sites for hydroxylation is 1. The van der Waals surface area contributed by atoms with Gasteiger partial charge in [0.05, 0.1) is 10.9 Å². The summed E-state index contributed by atoms with van der Waals surface area (Å²) < 4.78 is 10.8. The maximum atomic E-state index is 12.0. The molecule has 1 N–H and O–H groups in total. The van der Waals surface area contributed by atoms with E-state index in [2.05, 4.69) is 26.0 Å². The molecule has 2 rings (SSSR count). The smallest absolute Gasteiger partial charge is 0.343 e. The van der Waals surface area contributed by atoms with Crippen molar-refractivity contribution in [2.45, 2.75) is 6.92 Å². The molecular weight excluding hydrogens is 394 g/mol. The molecule has 0 aliphatic carbocycles. The predicted octanol–water partition coefficient (Wildman–Crippen LogP) is 4.02. The molecule has 0 saturated carbocycles. The Morgan fingerprint density at radius 1 is 1.29 bits per heavy atom. The molecular formula is C17H16BrNO4S. The van der Waals surface area contributed by atoms with E-state index in [4.69, 9.17) is 4.74 Å². The molecule has 126 valence electrons. The van der Waals surface area contributed by atoms with Crippen LogP contribution in [0.2, 0.25) is 0 Å². The van der Waals surface area contributed by atoms with Crippen molar-refractivity contribution < 1.29 is 19.1 Å². The number of esters is 1. The lowest BCUT2D eigenvalue weighted by Crippen LogP contribution is -2.13. The number of halogens is 1. The van der Waals surface area contributed by atoms with Crippen LogP contribution in [0.4, 0.5) is 5.69 Å². The van der Waals surface area contributed by atoms with Gasteiger partial charge in [-0.15, -0.1) is 11.3 Å². The molecule has 0 unspecified atom stereocenters. The molecule has 2 aromatic rings. The third-order valence-corrected chi connectivity index (χ3v) is 4.62. The van der Waals surface area contributed by atoms with Crippen molar-refractivity contribution in [1.29, 1.82) is 0 Å². The summed E-state index contributed by atoms with van der Waals surface area (Å²) in [5.74, 6) is -0.129. The Balaban J connectivity index is 1.95. The van der Waals surface area contributed by atoms with Crippen molar-refractivity contribution in [2.75, 3.05) is 19.0 Å². The fourth-order valence-corrected chi connectivity index (χ4v) is 3.14. The molecule has 0 fully saturated rings. The number of thiophene rings is 1. The highest BCUT2D eigenvalue weighted by Crippen LogP contribution is 2.24. The largest absolute Gasteiger partial charge is 0.482 e. The van der Waals surface area contributed by atoms with Crippen LogP contribution in [0.25, 0.3) is 6.08 Å². The first-order valence-corrected chi connectivity index (χ1v) is 8.63. The highest BCUT2D eigenvalue weighted by Gasteiger charge is 2.06. The number of carbonyl (C=O) groups is 2. The van der Waals surface area contributed by atoms with Crippen LogP contribution in [0.3, 0.4) is 0 Å². The number of nitrogens with one attached hydrogen (secondary N) is 1. The van der Waals surface area contributed by atoms with Crippen LogP contribution in [0, 0.1) is 6.92 Å². The molecule has 0 radical (unpaired) electrons. The average molecular weight is 410 g/mol. The van der Waals surface area contributed by atoms with E-state index < -0.39 is 5.97 Å². The summed E-state index contributed by atoms with van der Waals surface area (Å²) in [6, 6.07) is 9.02. The number of hydrogen-bond donors (Lipinski definition) is 1. The fraction of sp³-hybridized carbons (Fsp3) is 0.176. The molecule has 0 bridgehead atoms. The second-order valence-electron chi connectivity index (χ2n) is 4.81. The van der Waals surface area contributed by atoms with Gasteiger partial charge in [-0.05, 0) is 64.8 Å². The maximum absolute atomic E-state index is 12.0. The Bertz CT molecular complexity index is 770. The molecule has 7 heteroatoms. The van der Waals surface area contributed by atoms with E-state index in [-0.39, 0.29) is 12.5 Å². The summed E-state index contributed by atoms with van der Waals surface area (Å²) in [5.41, 5.74) is 1.51. The van der Waals surface area contributed by atoms with Gasteiger partial charge in [-0.25, -0.2) is 4.79 Å². The second kappa shape index (κ2) is 8.65. The standard InChI is InChI=1S/C17H16BrNO4S/c1-11-9-12(23-10-17(21)22-2)3-6-14(11)19-16(20)8-5-13-4-7-15(18)24-13/h3-9H,10H2,1-2H3,(H,19,20). The van der Waals surface area contributed by atoms with Gasteiger partial charge in [-0.2, -0.15) is 0 Å². The van der Waals surface area contributed by atoms with Gasteiger partial charge in [-0.3, -0.25) is 4.79 Å². The van der Waals surface area contributed by atoms with Gasteiger partial charge in [0.25, 0.3) is 0 Å². The summed E-state index contributed by atoms with van der Waals surface area (Å²) in [6.07, 6.45) is 3.24. The molecule has 0 aliphatic heterocycles. The lowest BCUT2D eigenvalue weighted by molar-refractivity contribution is -0.142. The predicted molar refractivity (Wildman–Crippen MR) is 98.4 cm³/mol. The van der Waals surface area contributed by atoms with Crippen molar-refractivity contribution in [3.8, 4) is 5.75 Å². The molecule has 5 nitrogen and oxygen atoms in total. The quantitative estimate of drug-likeness (QED) is 0.577. The zero-order chi connectivity index (χ0) is 17.5.